The number of morpholine rings is 1. The Hall–Kier alpha value is -2.24. The van der Waals surface area contributed by atoms with Gasteiger partial charge >= 0.3 is 0 Å². The third-order valence-electron chi connectivity index (χ3n) is 3.60. The molecule has 0 aromatic heterocycles. The largest absolute Gasteiger partial charge is 0.377 e. The van der Waals surface area contributed by atoms with Crippen molar-refractivity contribution < 1.29 is 22.9 Å². The summed E-state index contributed by atoms with van der Waals surface area (Å²) < 4.78 is 28.1. The van der Waals surface area contributed by atoms with Gasteiger partial charge in [0.2, 0.25) is 15.9 Å². The van der Waals surface area contributed by atoms with Gasteiger partial charge in [-0.05, 0) is 12.1 Å². The van der Waals surface area contributed by atoms with Crippen LogP contribution in [0.3, 0.4) is 0 Å². The lowest BCUT2D eigenvalue weighted by Gasteiger charge is -2.32. The first-order valence-electron chi connectivity index (χ1n) is 7.10. The molecule has 132 valence electrons. The molecule has 10 nitrogen and oxygen atoms in total. The fourth-order valence-electron chi connectivity index (χ4n) is 2.34. The third kappa shape index (κ3) is 4.40. The van der Waals surface area contributed by atoms with Gasteiger partial charge in [0.1, 0.15) is 5.69 Å². The van der Waals surface area contributed by atoms with E-state index in [2.05, 4.69) is 5.32 Å². The van der Waals surface area contributed by atoms with Crippen LogP contribution in [0.5, 0.6) is 0 Å². The number of ether oxygens (including phenoxy) is 1. The number of nitrogens with one attached hydrogen (secondary N) is 1. The van der Waals surface area contributed by atoms with Gasteiger partial charge in [-0.15, -0.1) is 0 Å². The number of nitrogens with two attached hydrogens (primary N) is 1. The average molecular weight is 358 g/mol. The topological polar surface area (TPSA) is 145 Å². The number of sulfonamides is 1. The first-order chi connectivity index (χ1) is 11.2. The highest BCUT2D eigenvalue weighted by Gasteiger charge is 2.24. The van der Waals surface area contributed by atoms with Crippen molar-refractivity contribution in [3.05, 3.63) is 28.3 Å². The summed E-state index contributed by atoms with van der Waals surface area (Å²) in [4.78, 5) is 23.1. The molecule has 1 atom stereocenters. The molecule has 1 saturated heterocycles. The Balaban J connectivity index is 2.12. The van der Waals surface area contributed by atoms with E-state index in [0.29, 0.717) is 19.7 Å². The van der Waals surface area contributed by atoms with Crippen molar-refractivity contribution in [2.24, 2.45) is 5.14 Å². The molecule has 2 rings (SSSR count). The third-order valence-corrected chi connectivity index (χ3v) is 4.51. The molecule has 0 spiro atoms. The molecule has 0 radical (unpaired) electrons. The second kappa shape index (κ2) is 7.11. The summed E-state index contributed by atoms with van der Waals surface area (Å²) in [6, 6.07) is 3.37. The van der Waals surface area contributed by atoms with Crippen LogP contribution in [0, 0.1) is 10.1 Å². The van der Waals surface area contributed by atoms with Crippen LogP contribution in [0.4, 0.5) is 11.4 Å². The van der Waals surface area contributed by atoms with Gasteiger partial charge in [-0.25, -0.2) is 13.6 Å². The lowest BCUT2D eigenvalue weighted by molar-refractivity contribution is -0.384. The van der Waals surface area contributed by atoms with Crippen LogP contribution in [-0.2, 0) is 19.6 Å². The van der Waals surface area contributed by atoms with Crippen molar-refractivity contribution in [2.45, 2.75) is 17.9 Å². The fourth-order valence-corrected chi connectivity index (χ4v) is 2.88. The van der Waals surface area contributed by atoms with Crippen LogP contribution in [0.2, 0.25) is 0 Å². The summed E-state index contributed by atoms with van der Waals surface area (Å²) in [6.07, 6.45) is -0.319. The molecular formula is C13H18N4O6S. The van der Waals surface area contributed by atoms with Crippen LogP contribution in [-0.4, -0.2) is 56.5 Å². The Labute approximate surface area is 138 Å². The number of hydrogen-bond donors (Lipinski definition) is 2. The molecule has 1 aromatic rings. The Morgan fingerprint density at radius 3 is 2.83 bits per heavy atom. The molecule has 1 aromatic carbocycles. The number of hydrogen-bond acceptors (Lipinski definition) is 7. The van der Waals surface area contributed by atoms with E-state index in [0.717, 1.165) is 6.07 Å². The van der Waals surface area contributed by atoms with E-state index >= 15 is 0 Å². The Morgan fingerprint density at radius 2 is 2.25 bits per heavy atom. The highest BCUT2D eigenvalue weighted by molar-refractivity contribution is 7.89. The number of primary sulfonamides is 1. The number of nitro groups is 1. The van der Waals surface area contributed by atoms with Crippen molar-refractivity contribution >= 4 is 27.3 Å². The lowest BCUT2D eigenvalue weighted by atomic mass is 10.2. The van der Waals surface area contributed by atoms with E-state index in [-0.39, 0.29) is 29.1 Å². The number of benzene rings is 1. The Bertz CT molecular complexity index is 751. The Kier molecular flexibility index (Phi) is 5.36. The number of amides is 1. The summed E-state index contributed by atoms with van der Waals surface area (Å²) in [7, 11) is -4.03. The summed E-state index contributed by atoms with van der Waals surface area (Å²) in [5, 5.41) is 19.0. The number of carbonyl (C=O) groups excluding carboxylic acids is 1. The Morgan fingerprint density at radius 1 is 1.54 bits per heavy atom. The van der Waals surface area contributed by atoms with Gasteiger partial charge < -0.3 is 15.0 Å². The number of nitro benzene ring substituents is 1. The molecule has 1 amide bonds. The zero-order chi connectivity index (χ0) is 17.9. The molecule has 24 heavy (non-hydrogen) atoms. The monoisotopic (exact) mass is 358 g/mol. The van der Waals surface area contributed by atoms with Crippen molar-refractivity contribution in [3.63, 3.8) is 0 Å². The number of anilines is 1. The van der Waals surface area contributed by atoms with Crippen LogP contribution in [0.25, 0.3) is 0 Å². The molecule has 0 aliphatic carbocycles. The summed E-state index contributed by atoms with van der Waals surface area (Å²) in [5.74, 6) is -0.0632. The zero-order valence-corrected chi connectivity index (χ0v) is 13.8. The van der Waals surface area contributed by atoms with Gasteiger partial charge in [0, 0.05) is 32.6 Å². The highest BCUT2D eigenvalue weighted by Crippen LogP contribution is 2.27. The van der Waals surface area contributed by atoms with Crippen LogP contribution in [0.1, 0.15) is 6.92 Å². The second-order valence-electron chi connectivity index (χ2n) is 5.32. The summed E-state index contributed by atoms with van der Waals surface area (Å²) in [6.45, 7) is 2.98. The van der Waals surface area contributed by atoms with Crippen molar-refractivity contribution in [1.82, 2.24) is 4.90 Å². The van der Waals surface area contributed by atoms with Crippen molar-refractivity contribution in [2.75, 3.05) is 31.6 Å². The minimum absolute atomic E-state index is 0.0632. The number of carbonyl (C=O) groups is 1. The van der Waals surface area contributed by atoms with Gasteiger partial charge in [-0.3, -0.25) is 14.9 Å². The predicted molar refractivity (Wildman–Crippen MR) is 85.0 cm³/mol. The van der Waals surface area contributed by atoms with Gasteiger partial charge in [0.15, 0.2) is 0 Å². The molecule has 0 saturated carbocycles. The number of nitrogens with zero attached hydrogens (tertiary/aromatic N) is 2. The normalized spacial score (nSPS) is 18.2. The molecule has 1 heterocycles. The molecule has 1 fully saturated rings. The maximum absolute atomic E-state index is 11.4. The first kappa shape index (κ1) is 18.1. The van der Waals surface area contributed by atoms with Gasteiger partial charge in [0.25, 0.3) is 5.69 Å². The van der Waals surface area contributed by atoms with E-state index in [1.54, 1.807) is 4.90 Å². The summed E-state index contributed by atoms with van der Waals surface area (Å²) >= 11 is 0. The zero-order valence-electron chi connectivity index (χ0n) is 13.0. The molecule has 0 bridgehead atoms. The van der Waals surface area contributed by atoms with Crippen molar-refractivity contribution in [1.29, 1.82) is 0 Å². The number of rotatable bonds is 5. The fraction of sp³-hybridized carbons (Fsp3) is 0.462. The van der Waals surface area contributed by atoms with E-state index in [9.17, 15) is 23.3 Å². The smallest absolute Gasteiger partial charge is 0.293 e. The average Bonchev–Trinajstić information content (AvgIpc) is 2.52. The van der Waals surface area contributed by atoms with Crippen LogP contribution >= 0.6 is 0 Å². The maximum Gasteiger partial charge on any atom is 0.293 e. The first-order valence-corrected chi connectivity index (χ1v) is 8.65. The van der Waals surface area contributed by atoms with E-state index in [4.69, 9.17) is 9.88 Å². The maximum atomic E-state index is 11.4. The molecule has 11 heteroatoms. The quantitative estimate of drug-likeness (QED) is 0.552. The van der Waals surface area contributed by atoms with Gasteiger partial charge in [-0.1, -0.05) is 0 Å². The van der Waals surface area contributed by atoms with Crippen LogP contribution < -0.4 is 10.5 Å². The predicted octanol–water partition coefficient (Wildman–Crippen LogP) is -0.0986. The molecule has 1 aliphatic rings. The summed E-state index contributed by atoms with van der Waals surface area (Å²) in [5.41, 5.74) is -0.253. The highest BCUT2D eigenvalue weighted by atomic mass is 32.2. The van der Waals surface area contributed by atoms with Crippen LogP contribution in [0.15, 0.2) is 23.1 Å². The molecule has 3 N–H and O–H groups in total. The molecule has 1 aliphatic heterocycles. The minimum atomic E-state index is -4.03. The SMILES string of the molecule is CC(=O)N1CCO[C@@H](CNc2ccc(S(N)(=O)=O)cc2[N+](=O)[O-])C1. The van der Waals surface area contributed by atoms with Gasteiger partial charge in [-0.2, -0.15) is 0 Å². The molecular weight excluding hydrogens is 340 g/mol. The van der Waals surface area contributed by atoms with Crippen molar-refractivity contribution in [3.8, 4) is 0 Å². The van der Waals surface area contributed by atoms with E-state index < -0.39 is 20.6 Å². The molecule has 0 unspecified atom stereocenters. The van der Waals surface area contributed by atoms with E-state index in [1.165, 1.54) is 19.1 Å². The minimum Gasteiger partial charge on any atom is -0.377 e. The lowest BCUT2D eigenvalue weighted by Crippen LogP contribution is -2.47. The second-order valence-corrected chi connectivity index (χ2v) is 6.88. The van der Waals surface area contributed by atoms with Gasteiger partial charge in [0.05, 0.1) is 22.5 Å². The van der Waals surface area contributed by atoms with E-state index in [1.807, 2.05) is 0 Å². The standard InChI is InChI=1S/C13H18N4O6S/c1-9(18)16-4-5-23-10(8-16)7-15-12-3-2-11(24(14,21)22)6-13(12)17(19)20/h2-3,6,10,15H,4-5,7-8H2,1H3,(H2,14,21,22)/t10-/m0/s1.